The van der Waals surface area contributed by atoms with Crippen molar-refractivity contribution < 1.29 is 0 Å². The van der Waals surface area contributed by atoms with Crippen LogP contribution in [0, 0.1) is 13.8 Å². The molecule has 0 amide bonds. The first-order valence-electron chi connectivity index (χ1n) is 11.6. The molecule has 7 rings (SSSR count). The highest BCUT2D eigenvalue weighted by Crippen LogP contribution is 2.49. The highest BCUT2D eigenvalue weighted by atomic mass is 15.1. The van der Waals surface area contributed by atoms with Gasteiger partial charge in [0, 0.05) is 10.8 Å². The van der Waals surface area contributed by atoms with Gasteiger partial charge < -0.3 is 0 Å². The predicted octanol–water partition coefficient (Wildman–Crippen LogP) is 7.15. The van der Waals surface area contributed by atoms with Crippen LogP contribution in [-0.4, -0.2) is 9.38 Å². The summed E-state index contributed by atoms with van der Waals surface area (Å²) < 4.78 is 2.48. The zero-order valence-corrected chi connectivity index (χ0v) is 18.8. The fraction of sp³-hybridized carbons (Fsp3) is 0.129. The Morgan fingerprint density at radius 3 is 1.97 bits per heavy atom. The number of rotatable bonds is 2. The van der Waals surface area contributed by atoms with Crippen LogP contribution in [0.5, 0.6) is 0 Å². The average Bonchev–Trinajstić information content (AvgIpc) is 3.23. The van der Waals surface area contributed by atoms with Crippen LogP contribution < -0.4 is 0 Å². The van der Waals surface area contributed by atoms with Gasteiger partial charge in [-0.05, 0) is 47.9 Å². The topological polar surface area (TPSA) is 17.3 Å². The van der Waals surface area contributed by atoms with Crippen molar-refractivity contribution in [2.45, 2.75) is 25.7 Å². The van der Waals surface area contributed by atoms with E-state index in [2.05, 4.69) is 115 Å². The average molecular weight is 425 g/mol. The molecule has 0 aliphatic carbocycles. The standard InChI is InChI=1S/C31H24N2/c1-20-17-18-22-19-31(23-11-5-3-6-12-23,24-13-7-4-8-14-24)29-21(2)32-30-26-16-10-9-15-25(26)27(20)28(22)33(29)30/h3-18H,19H2,1-2H3. The molecule has 4 aromatic carbocycles. The molecule has 2 nitrogen and oxygen atoms in total. The van der Waals surface area contributed by atoms with Gasteiger partial charge in [-0.1, -0.05) is 97.1 Å². The van der Waals surface area contributed by atoms with Crippen LogP contribution in [0.25, 0.3) is 27.3 Å². The van der Waals surface area contributed by atoms with E-state index in [4.69, 9.17) is 4.98 Å². The molecule has 0 fully saturated rings. The maximum atomic E-state index is 5.23. The predicted molar refractivity (Wildman–Crippen MR) is 136 cm³/mol. The maximum absolute atomic E-state index is 5.23. The van der Waals surface area contributed by atoms with E-state index in [1.54, 1.807) is 0 Å². The van der Waals surface area contributed by atoms with E-state index in [9.17, 15) is 0 Å². The molecule has 2 heteroatoms. The maximum Gasteiger partial charge on any atom is 0.145 e. The minimum atomic E-state index is -0.302. The SMILES string of the molecule is Cc1nc2c3ccccc3c3c(C)ccc4c3n2c1C(c1ccccc1)(c1ccccc1)C4. The van der Waals surface area contributed by atoms with Crippen molar-refractivity contribution in [1.82, 2.24) is 9.38 Å². The third-order valence-corrected chi connectivity index (χ3v) is 7.58. The largest absolute Gasteiger partial charge is 0.294 e. The first kappa shape index (κ1) is 18.6. The van der Waals surface area contributed by atoms with Gasteiger partial charge in [0.15, 0.2) is 0 Å². The van der Waals surface area contributed by atoms with Gasteiger partial charge in [0.05, 0.1) is 22.3 Å². The van der Waals surface area contributed by atoms with E-state index in [0.29, 0.717) is 0 Å². The van der Waals surface area contributed by atoms with Crippen molar-refractivity contribution in [3.63, 3.8) is 0 Å². The summed E-state index contributed by atoms with van der Waals surface area (Å²) in [6.07, 6.45) is 0.914. The zero-order valence-electron chi connectivity index (χ0n) is 18.8. The first-order valence-corrected chi connectivity index (χ1v) is 11.6. The summed E-state index contributed by atoms with van der Waals surface area (Å²) in [4.78, 5) is 5.23. The summed E-state index contributed by atoms with van der Waals surface area (Å²) in [6, 6.07) is 35.4. The number of benzene rings is 4. The molecule has 0 unspecified atom stereocenters. The molecule has 0 N–H and O–H groups in total. The highest BCUT2D eigenvalue weighted by molar-refractivity contribution is 6.14. The normalized spacial score (nSPS) is 14.5. The molecule has 2 aromatic heterocycles. The van der Waals surface area contributed by atoms with Crippen LogP contribution in [0.15, 0.2) is 97.1 Å². The van der Waals surface area contributed by atoms with E-state index >= 15 is 0 Å². The summed E-state index contributed by atoms with van der Waals surface area (Å²) >= 11 is 0. The molecule has 1 aliphatic rings. The minimum Gasteiger partial charge on any atom is -0.294 e. The van der Waals surface area contributed by atoms with Gasteiger partial charge in [-0.25, -0.2) is 4.98 Å². The monoisotopic (exact) mass is 424 g/mol. The Hall–Kier alpha value is -3.91. The van der Waals surface area contributed by atoms with Crippen LogP contribution in [0.1, 0.15) is 33.6 Å². The Labute approximate surface area is 193 Å². The van der Waals surface area contributed by atoms with Gasteiger partial charge in [-0.2, -0.15) is 0 Å². The molecule has 0 atom stereocenters. The summed E-state index contributed by atoms with van der Waals surface area (Å²) in [5, 5.41) is 3.86. The second kappa shape index (κ2) is 6.55. The fourth-order valence-corrected chi connectivity index (χ4v) is 6.26. The molecule has 3 heterocycles. The lowest BCUT2D eigenvalue weighted by atomic mass is 9.66. The molecule has 1 aliphatic heterocycles. The molecule has 33 heavy (non-hydrogen) atoms. The van der Waals surface area contributed by atoms with E-state index in [1.165, 1.54) is 49.6 Å². The summed E-state index contributed by atoms with van der Waals surface area (Å²) in [5.41, 5.74) is 9.80. The Morgan fingerprint density at radius 1 is 0.697 bits per heavy atom. The van der Waals surface area contributed by atoms with E-state index in [-0.39, 0.29) is 5.41 Å². The number of aromatic nitrogens is 2. The number of nitrogens with zero attached hydrogens (tertiary/aromatic N) is 2. The Balaban J connectivity index is 1.77. The van der Waals surface area contributed by atoms with Crippen LogP contribution in [0.3, 0.4) is 0 Å². The van der Waals surface area contributed by atoms with Crippen molar-refractivity contribution in [3.05, 3.63) is 131 Å². The third kappa shape index (κ3) is 2.30. The molecule has 0 saturated heterocycles. The van der Waals surface area contributed by atoms with E-state index in [0.717, 1.165) is 17.8 Å². The minimum absolute atomic E-state index is 0.302. The van der Waals surface area contributed by atoms with E-state index in [1.807, 2.05) is 0 Å². The Kier molecular flexibility index (Phi) is 3.70. The van der Waals surface area contributed by atoms with Crippen LogP contribution in [-0.2, 0) is 11.8 Å². The van der Waals surface area contributed by atoms with Gasteiger partial charge in [0.25, 0.3) is 0 Å². The molecule has 6 aromatic rings. The Morgan fingerprint density at radius 2 is 1.30 bits per heavy atom. The fourth-order valence-electron chi connectivity index (χ4n) is 6.26. The number of pyridine rings is 1. The van der Waals surface area contributed by atoms with Crippen LogP contribution in [0.4, 0.5) is 0 Å². The number of fused-ring (bicyclic) bond motifs is 3. The van der Waals surface area contributed by atoms with Crippen LogP contribution >= 0.6 is 0 Å². The zero-order chi connectivity index (χ0) is 22.2. The van der Waals surface area contributed by atoms with Gasteiger partial charge >= 0.3 is 0 Å². The third-order valence-electron chi connectivity index (χ3n) is 7.58. The number of imidazole rings is 1. The van der Waals surface area contributed by atoms with Crippen molar-refractivity contribution in [3.8, 4) is 0 Å². The molecule has 158 valence electrons. The molecular formula is C31H24N2. The number of aryl methyl sites for hydroxylation is 2. The van der Waals surface area contributed by atoms with E-state index < -0.39 is 0 Å². The summed E-state index contributed by atoms with van der Waals surface area (Å²) in [5.74, 6) is 0. The number of hydrogen-bond acceptors (Lipinski definition) is 1. The molecule has 0 radical (unpaired) electrons. The smallest absolute Gasteiger partial charge is 0.145 e. The van der Waals surface area contributed by atoms with Crippen molar-refractivity contribution in [2.75, 3.05) is 0 Å². The van der Waals surface area contributed by atoms with Crippen molar-refractivity contribution in [1.29, 1.82) is 0 Å². The van der Waals surface area contributed by atoms with Crippen molar-refractivity contribution >= 4 is 27.3 Å². The van der Waals surface area contributed by atoms with Gasteiger partial charge in [0.1, 0.15) is 5.65 Å². The van der Waals surface area contributed by atoms with Crippen molar-refractivity contribution in [2.24, 2.45) is 0 Å². The first-order chi connectivity index (χ1) is 16.2. The lowest BCUT2D eigenvalue weighted by molar-refractivity contribution is 0.574. The Bertz CT molecular complexity index is 1650. The van der Waals surface area contributed by atoms with Gasteiger partial charge in [0.2, 0.25) is 0 Å². The van der Waals surface area contributed by atoms with Gasteiger partial charge in [-0.15, -0.1) is 0 Å². The quantitative estimate of drug-likeness (QED) is 0.270. The summed E-state index contributed by atoms with van der Waals surface area (Å²) in [6.45, 7) is 4.42. The summed E-state index contributed by atoms with van der Waals surface area (Å²) in [7, 11) is 0. The second-order valence-corrected chi connectivity index (χ2v) is 9.33. The highest BCUT2D eigenvalue weighted by Gasteiger charge is 2.44. The second-order valence-electron chi connectivity index (χ2n) is 9.33. The lowest BCUT2D eigenvalue weighted by Gasteiger charge is -2.39. The number of hydrogen-bond donors (Lipinski definition) is 0. The van der Waals surface area contributed by atoms with Crippen LogP contribution in [0.2, 0.25) is 0 Å². The van der Waals surface area contributed by atoms with Gasteiger partial charge in [-0.3, -0.25) is 4.40 Å². The molecular weight excluding hydrogens is 400 g/mol. The molecule has 0 spiro atoms. The molecule has 0 saturated carbocycles. The lowest BCUT2D eigenvalue weighted by Crippen LogP contribution is -2.37. The molecule has 0 bridgehead atoms.